The SMILES string of the molecule is COc1cccc(C)c1-c1ccc(C(=O)O)s1. The van der Waals surface area contributed by atoms with Gasteiger partial charge in [0.1, 0.15) is 10.6 Å². The Morgan fingerprint density at radius 1 is 1.29 bits per heavy atom. The maximum atomic E-state index is 10.9. The number of carbonyl (C=O) groups is 1. The zero-order chi connectivity index (χ0) is 12.4. The molecule has 88 valence electrons. The van der Waals surface area contributed by atoms with Gasteiger partial charge in [-0.2, -0.15) is 0 Å². The molecule has 4 heteroatoms. The number of benzene rings is 1. The fraction of sp³-hybridized carbons (Fsp3) is 0.154. The van der Waals surface area contributed by atoms with Gasteiger partial charge in [0.25, 0.3) is 0 Å². The molecule has 3 nitrogen and oxygen atoms in total. The molecule has 0 aliphatic heterocycles. The van der Waals surface area contributed by atoms with Crippen molar-refractivity contribution in [2.45, 2.75) is 6.92 Å². The van der Waals surface area contributed by atoms with Crippen molar-refractivity contribution in [2.24, 2.45) is 0 Å². The van der Waals surface area contributed by atoms with E-state index in [1.165, 1.54) is 11.3 Å². The second-order valence-corrected chi connectivity index (χ2v) is 4.70. The molecule has 1 heterocycles. The minimum atomic E-state index is -0.895. The standard InChI is InChI=1S/C13H12O3S/c1-8-4-3-5-9(16-2)12(8)10-6-7-11(17-10)13(14)15/h3-7H,1-2H3,(H,14,15). The van der Waals surface area contributed by atoms with Gasteiger partial charge in [-0.3, -0.25) is 0 Å². The Bertz CT molecular complexity index is 558. The third-order valence-corrected chi connectivity index (χ3v) is 3.61. The summed E-state index contributed by atoms with van der Waals surface area (Å²) in [6, 6.07) is 9.22. The van der Waals surface area contributed by atoms with Crippen LogP contribution in [0.2, 0.25) is 0 Å². The summed E-state index contributed by atoms with van der Waals surface area (Å²) in [4.78, 5) is 12.1. The third kappa shape index (κ3) is 2.17. The van der Waals surface area contributed by atoms with Crippen molar-refractivity contribution in [1.29, 1.82) is 0 Å². The first kappa shape index (κ1) is 11.7. The quantitative estimate of drug-likeness (QED) is 0.905. The lowest BCUT2D eigenvalue weighted by atomic mass is 10.1. The van der Waals surface area contributed by atoms with E-state index in [0.717, 1.165) is 21.8 Å². The summed E-state index contributed by atoms with van der Waals surface area (Å²) in [5.74, 6) is -0.127. The first-order chi connectivity index (χ1) is 8.13. The van der Waals surface area contributed by atoms with Gasteiger partial charge in [0.15, 0.2) is 0 Å². The number of hydrogen-bond donors (Lipinski definition) is 1. The highest BCUT2D eigenvalue weighted by Crippen LogP contribution is 2.37. The lowest BCUT2D eigenvalue weighted by Gasteiger charge is -2.09. The lowest BCUT2D eigenvalue weighted by Crippen LogP contribution is -1.90. The topological polar surface area (TPSA) is 46.5 Å². The van der Waals surface area contributed by atoms with Crippen molar-refractivity contribution in [2.75, 3.05) is 7.11 Å². The summed E-state index contributed by atoms with van der Waals surface area (Å²) in [5.41, 5.74) is 2.04. The van der Waals surface area contributed by atoms with E-state index in [1.54, 1.807) is 13.2 Å². The Morgan fingerprint density at radius 3 is 2.65 bits per heavy atom. The summed E-state index contributed by atoms with van der Waals surface area (Å²) in [6.45, 7) is 1.98. The molecule has 0 radical (unpaired) electrons. The van der Waals surface area contributed by atoms with Crippen LogP contribution in [0.3, 0.4) is 0 Å². The van der Waals surface area contributed by atoms with Crippen molar-refractivity contribution in [1.82, 2.24) is 0 Å². The maximum Gasteiger partial charge on any atom is 0.345 e. The number of thiophene rings is 1. The molecular weight excluding hydrogens is 236 g/mol. The van der Waals surface area contributed by atoms with Crippen molar-refractivity contribution in [3.63, 3.8) is 0 Å². The first-order valence-corrected chi connectivity index (χ1v) is 5.92. The predicted molar refractivity (Wildman–Crippen MR) is 68.0 cm³/mol. The molecule has 1 aromatic carbocycles. The average Bonchev–Trinajstić information content (AvgIpc) is 2.77. The molecule has 0 spiro atoms. The van der Waals surface area contributed by atoms with E-state index in [0.29, 0.717) is 4.88 Å². The smallest absolute Gasteiger partial charge is 0.345 e. The Kier molecular flexibility index (Phi) is 3.15. The molecule has 0 fully saturated rings. The predicted octanol–water partition coefficient (Wildman–Crippen LogP) is 3.43. The molecule has 2 rings (SSSR count). The number of ether oxygens (including phenoxy) is 1. The minimum Gasteiger partial charge on any atom is -0.496 e. The first-order valence-electron chi connectivity index (χ1n) is 5.10. The van der Waals surface area contributed by atoms with Crippen LogP contribution in [0.15, 0.2) is 30.3 Å². The van der Waals surface area contributed by atoms with E-state index in [-0.39, 0.29) is 0 Å². The fourth-order valence-corrected chi connectivity index (χ4v) is 2.67. The Morgan fingerprint density at radius 2 is 2.06 bits per heavy atom. The van der Waals surface area contributed by atoms with E-state index in [2.05, 4.69) is 0 Å². The van der Waals surface area contributed by atoms with E-state index < -0.39 is 5.97 Å². The summed E-state index contributed by atoms with van der Waals surface area (Å²) >= 11 is 1.26. The highest BCUT2D eigenvalue weighted by Gasteiger charge is 2.13. The molecule has 0 aliphatic carbocycles. The summed E-state index contributed by atoms with van der Waals surface area (Å²) in [7, 11) is 1.62. The molecule has 0 unspecified atom stereocenters. The molecule has 0 saturated heterocycles. The van der Waals surface area contributed by atoms with Gasteiger partial charge in [0.05, 0.1) is 7.11 Å². The van der Waals surface area contributed by atoms with Crippen LogP contribution in [0.4, 0.5) is 0 Å². The van der Waals surface area contributed by atoms with Gasteiger partial charge in [-0.25, -0.2) is 4.79 Å². The van der Waals surface area contributed by atoms with Gasteiger partial charge in [0.2, 0.25) is 0 Å². The summed E-state index contributed by atoms with van der Waals surface area (Å²) in [6.07, 6.45) is 0. The second-order valence-electron chi connectivity index (χ2n) is 3.62. The van der Waals surface area contributed by atoms with Gasteiger partial charge >= 0.3 is 5.97 Å². The minimum absolute atomic E-state index is 0.338. The number of rotatable bonds is 3. The molecule has 17 heavy (non-hydrogen) atoms. The van der Waals surface area contributed by atoms with E-state index in [9.17, 15) is 4.79 Å². The van der Waals surface area contributed by atoms with Crippen molar-refractivity contribution in [3.8, 4) is 16.2 Å². The number of carboxylic acids is 1. The lowest BCUT2D eigenvalue weighted by molar-refractivity contribution is 0.0702. The van der Waals surface area contributed by atoms with E-state index in [1.807, 2.05) is 31.2 Å². The van der Waals surface area contributed by atoms with Crippen molar-refractivity contribution in [3.05, 3.63) is 40.8 Å². The molecule has 1 aromatic heterocycles. The third-order valence-electron chi connectivity index (χ3n) is 2.52. The number of methoxy groups -OCH3 is 1. The Hall–Kier alpha value is -1.81. The molecule has 2 aromatic rings. The maximum absolute atomic E-state index is 10.9. The zero-order valence-electron chi connectivity index (χ0n) is 9.56. The fourth-order valence-electron chi connectivity index (χ4n) is 1.71. The van der Waals surface area contributed by atoms with E-state index >= 15 is 0 Å². The largest absolute Gasteiger partial charge is 0.496 e. The highest BCUT2D eigenvalue weighted by atomic mass is 32.1. The van der Waals surface area contributed by atoms with Crippen LogP contribution >= 0.6 is 11.3 Å². The second kappa shape index (κ2) is 4.59. The van der Waals surface area contributed by atoms with Crippen LogP contribution in [0.25, 0.3) is 10.4 Å². The van der Waals surface area contributed by atoms with Gasteiger partial charge in [0, 0.05) is 10.4 Å². The van der Waals surface area contributed by atoms with Gasteiger partial charge in [-0.1, -0.05) is 12.1 Å². The Labute approximate surface area is 103 Å². The number of hydrogen-bond acceptors (Lipinski definition) is 3. The summed E-state index contributed by atoms with van der Waals surface area (Å²) in [5, 5.41) is 8.92. The van der Waals surface area contributed by atoms with Crippen LogP contribution in [-0.4, -0.2) is 18.2 Å². The van der Waals surface area contributed by atoms with Gasteiger partial charge in [-0.05, 0) is 30.7 Å². The van der Waals surface area contributed by atoms with E-state index in [4.69, 9.17) is 9.84 Å². The van der Waals surface area contributed by atoms with Crippen molar-refractivity contribution >= 4 is 17.3 Å². The molecular formula is C13H12O3S. The molecule has 0 saturated carbocycles. The average molecular weight is 248 g/mol. The number of aryl methyl sites for hydroxylation is 1. The van der Waals surface area contributed by atoms with Crippen LogP contribution in [0, 0.1) is 6.92 Å². The van der Waals surface area contributed by atoms with Crippen LogP contribution in [-0.2, 0) is 0 Å². The molecule has 0 amide bonds. The molecule has 0 atom stereocenters. The normalized spacial score (nSPS) is 10.2. The molecule has 0 aliphatic rings. The van der Waals surface area contributed by atoms with Crippen LogP contribution < -0.4 is 4.74 Å². The molecule has 1 N–H and O–H groups in total. The highest BCUT2D eigenvalue weighted by molar-refractivity contribution is 7.17. The van der Waals surface area contributed by atoms with Crippen LogP contribution in [0.1, 0.15) is 15.2 Å². The van der Waals surface area contributed by atoms with Crippen LogP contribution in [0.5, 0.6) is 5.75 Å². The monoisotopic (exact) mass is 248 g/mol. The summed E-state index contributed by atoms with van der Waals surface area (Å²) < 4.78 is 5.31. The molecule has 0 bridgehead atoms. The van der Waals surface area contributed by atoms with Gasteiger partial charge < -0.3 is 9.84 Å². The number of aromatic carboxylic acids is 1. The Balaban J connectivity index is 2.55. The van der Waals surface area contributed by atoms with Crippen molar-refractivity contribution < 1.29 is 14.6 Å². The zero-order valence-corrected chi connectivity index (χ0v) is 10.4. The van der Waals surface area contributed by atoms with Gasteiger partial charge in [-0.15, -0.1) is 11.3 Å². The number of carboxylic acid groups (broad SMARTS) is 1.